The van der Waals surface area contributed by atoms with Gasteiger partial charge in [-0.15, -0.1) is 0 Å². The molecule has 0 saturated heterocycles. The Labute approximate surface area is 416 Å². The van der Waals surface area contributed by atoms with Crippen LogP contribution in [0.2, 0.25) is 0 Å². The average Bonchev–Trinajstić information content (AvgIpc) is 3.66. The lowest BCUT2D eigenvalue weighted by molar-refractivity contribution is -0.484. The van der Waals surface area contributed by atoms with Crippen molar-refractivity contribution in [2.75, 3.05) is 0 Å². The molecule has 67 heavy (non-hydrogen) atoms. The minimum Gasteiger partial charge on any atom is -0.550 e. The molecular formula is C61H117NO5. The molecule has 4 aliphatic carbocycles. The maximum atomic E-state index is 11.5. The molecule has 11 unspecified atom stereocenters. The number of hydrogen-bond acceptors (Lipinski definition) is 5. The molecule has 0 aromatic rings. The van der Waals surface area contributed by atoms with Crippen molar-refractivity contribution in [2.24, 2.45) is 46.3 Å². The Kier molecular flexibility index (Phi) is 30.6. The van der Waals surface area contributed by atoms with Crippen molar-refractivity contribution in [1.82, 2.24) is 0 Å². The van der Waals surface area contributed by atoms with Gasteiger partial charge in [-0.2, -0.15) is 0 Å². The first kappa shape index (κ1) is 60.6. The maximum Gasteiger partial charge on any atom is 0.0945 e. The van der Waals surface area contributed by atoms with E-state index in [1.54, 1.807) is 0 Å². The first-order chi connectivity index (χ1) is 32.3. The van der Waals surface area contributed by atoms with Gasteiger partial charge in [0.2, 0.25) is 0 Å². The summed E-state index contributed by atoms with van der Waals surface area (Å²) < 4.78 is 0. The molecule has 6 nitrogen and oxygen atoms in total. The molecule has 0 aromatic carbocycles. The third-order valence-corrected chi connectivity index (χ3v) is 19.5. The fourth-order valence-electron chi connectivity index (χ4n) is 15.0. The summed E-state index contributed by atoms with van der Waals surface area (Å²) in [5.74, 6) is 0.635. The second-order valence-electron chi connectivity index (χ2n) is 24.7. The van der Waals surface area contributed by atoms with Crippen molar-refractivity contribution in [3.8, 4) is 0 Å². The van der Waals surface area contributed by atoms with Crippen LogP contribution in [-0.4, -0.2) is 45.1 Å². The smallest absolute Gasteiger partial charge is 0.0945 e. The summed E-state index contributed by atoms with van der Waals surface area (Å²) in [6, 6.07) is 0. The van der Waals surface area contributed by atoms with E-state index in [2.05, 4.69) is 41.5 Å². The summed E-state index contributed by atoms with van der Waals surface area (Å²) in [5.41, 5.74) is 5.10. The highest BCUT2D eigenvalue weighted by Crippen LogP contribution is 2.68. The van der Waals surface area contributed by atoms with E-state index in [9.17, 15) is 25.2 Å². The highest BCUT2D eigenvalue weighted by atomic mass is 16.4. The quantitative estimate of drug-likeness (QED) is 0.0461. The van der Waals surface area contributed by atoms with E-state index in [-0.39, 0.29) is 53.1 Å². The molecule has 4 aliphatic rings. The summed E-state index contributed by atoms with van der Waals surface area (Å²) in [4.78, 5) is 11.0. The molecule has 396 valence electrons. The first-order valence-electron chi connectivity index (χ1n) is 30.4. The standard InChI is InChI=1S/C37H77N.C24H40O5/c1-4-7-10-13-16-19-22-25-28-31-34-37(38,35-32-29-26-23-20-17-14-11-8-5-2)36-33-30-27-24-21-18-15-12-9-6-3;1-13(4-7-21(28)29)16-5-6-17-22-18(12-20(27)24(16,17)3)23(2)9-8-15(25)10-14(23)11-19(22)26/h4-36,38H2,1-3H3;13-20,22,25-27H,4-12H2,1-3H3,(H,28,29). The molecule has 0 heterocycles. The lowest BCUT2D eigenvalue weighted by Gasteiger charge is -2.63. The third kappa shape index (κ3) is 20.8. The number of fused-ring (bicyclic) bond motifs is 5. The molecule has 0 aromatic heterocycles. The van der Waals surface area contributed by atoms with Gasteiger partial charge in [0.1, 0.15) is 0 Å². The molecule has 4 rings (SSSR count). The van der Waals surface area contributed by atoms with Gasteiger partial charge in [0.25, 0.3) is 0 Å². The van der Waals surface area contributed by atoms with Gasteiger partial charge in [-0.05, 0) is 123 Å². The number of carbonyl (C=O) groups excluding carboxylic acids is 1. The minimum atomic E-state index is -0.998. The first-order valence-corrected chi connectivity index (χ1v) is 30.4. The van der Waals surface area contributed by atoms with Crippen LogP contribution in [0.5, 0.6) is 0 Å². The average molecular weight is 945 g/mol. The highest BCUT2D eigenvalue weighted by molar-refractivity contribution is 5.64. The van der Waals surface area contributed by atoms with E-state index in [1.807, 2.05) is 0 Å². The summed E-state index contributed by atoms with van der Waals surface area (Å²) in [6.07, 6.45) is 53.3. The maximum absolute atomic E-state index is 11.5. The largest absolute Gasteiger partial charge is 0.550 e. The van der Waals surface area contributed by atoms with Crippen LogP contribution in [0.25, 0.3) is 0 Å². The Morgan fingerprint density at radius 2 is 0.985 bits per heavy atom. The van der Waals surface area contributed by atoms with Crippen LogP contribution in [0.15, 0.2) is 0 Å². The summed E-state index contributed by atoms with van der Waals surface area (Å²) in [6.45, 7) is 13.6. The Morgan fingerprint density at radius 1 is 0.582 bits per heavy atom. The van der Waals surface area contributed by atoms with E-state index < -0.39 is 12.1 Å². The topological polar surface area (TPSA) is 128 Å². The number of hydrogen-bond donors (Lipinski definition) is 4. The number of unbranched alkanes of at least 4 members (excludes halogenated alkanes) is 27. The van der Waals surface area contributed by atoms with E-state index in [0.717, 1.165) is 44.9 Å². The Balaban J connectivity index is 0.000000365. The number of aliphatic hydroxyl groups is 3. The van der Waals surface area contributed by atoms with Crippen LogP contribution < -0.4 is 10.8 Å². The summed E-state index contributed by atoms with van der Waals surface area (Å²) in [5, 5.41) is 43.9. The molecule has 0 spiro atoms. The molecule has 0 radical (unpaired) electrons. The Hall–Kier alpha value is -0.690. The number of rotatable bonds is 37. The molecule has 4 fully saturated rings. The predicted octanol–water partition coefficient (Wildman–Crippen LogP) is 15.0. The second-order valence-corrected chi connectivity index (χ2v) is 24.7. The number of carboxylic acid groups (broad SMARTS) is 1. The number of aliphatic hydroxyl groups excluding tert-OH is 3. The van der Waals surface area contributed by atoms with Crippen LogP contribution >= 0.6 is 0 Å². The van der Waals surface area contributed by atoms with E-state index in [0.29, 0.717) is 23.8 Å². The van der Waals surface area contributed by atoms with Crippen LogP contribution in [0.3, 0.4) is 0 Å². The van der Waals surface area contributed by atoms with Gasteiger partial charge >= 0.3 is 0 Å². The summed E-state index contributed by atoms with van der Waals surface area (Å²) in [7, 11) is 0. The molecule has 0 amide bonds. The van der Waals surface area contributed by atoms with E-state index >= 15 is 0 Å². The number of carboxylic acids is 1. The zero-order valence-electron chi connectivity index (χ0n) is 45.8. The summed E-state index contributed by atoms with van der Waals surface area (Å²) >= 11 is 0. The van der Waals surface area contributed by atoms with Crippen LogP contribution in [0.1, 0.15) is 311 Å². The zero-order valence-corrected chi connectivity index (χ0v) is 45.8. The van der Waals surface area contributed by atoms with Gasteiger partial charge in [-0.3, -0.25) is 0 Å². The van der Waals surface area contributed by atoms with Crippen molar-refractivity contribution in [2.45, 2.75) is 335 Å². The number of aliphatic carboxylic acids is 1. The second kappa shape index (κ2) is 33.9. The van der Waals surface area contributed by atoms with Crippen molar-refractivity contribution in [3.63, 3.8) is 0 Å². The zero-order chi connectivity index (χ0) is 49.0. The Morgan fingerprint density at radius 3 is 1.39 bits per heavy atom. The van der Waals surface area contributed by atoms with Crippen LogP contribution in [0.4, 0.5) is 0 Å². The van der Waals surface area contributed by atoms with Crippen molar-refractivity contribution in [1.29, 1.82) is 0 Å². The molecule has 11 atom stereocenters. The highest BCUT2D eigenvalue weighted by Gasteiger charge is 2.65. The lowest BCUT2D eigenvalue weighted by Crippen LogP contribution is -2.72. The lowest BCUT2D eigenvalue weighted by atomic mass is 9.43. The third-order valence-electron chi connectivity index (χ3n) is 19.5. The fraction of sp³-hybridized carbons (Fsp3) is 0.984. The van der Waals surface area contributed by atoms with Gasteiger partial charge in [-0.1, -0.05) is 215 Å². The normalized spacial score (nSPS) is 29.7. The van der Waals surface area contributed by atoms with E-state index in [1.165, 1.54) is 212 Å². The molecule has 4 saturated carbocycles. The van der Waals surface area contributed by atoms with Gasteiger partial charge < -0.3 is 31.0 Å². The van der Waals surface area contributed by atoms with E-state index in [4.69, 9.17) is 5.73 Å². The molecular weight excluding hydrogens is 827 g/mol. The number of quaternary nitrogens is 1. The molecule has 0 bridgehead atoms. The Bertz CT molecular complexity index is 1180. The SMILES string of the molecule is CC(CCC(=O)[O-])C1CCC2C3C(O)CC4CC(O)CCC4(C)C3CC(O)C12C.CCCCCCCCCCCCC([NH3+])(CCCCCCCCCCCC)CCCCCCCCCCCC. The van der Waals surface area contributed by atoms with Crippen molar-refractivity contribution in [3.05, 3.63) is 0 Å². The van der Waals surface area contributed by atoms with Crippen molar-refractivity contribution >= 4 is 5.97 Å². The monoisotopic (exact) mass is 944 g/mol. The molecule has 6 N–H and O–H groups in total. The van der Waals surface area contributed by atoms with Gasteiger partial charge in [0, 0.05) is 25.2 Å². The molecule has 6 heteroatoms. The van der Waals surface area contributed by atoms with Gasteiger partial charge in [0.15, 0.2) is 0 Å². The fourth-order valence-corrected chi connectivity index (χ4v) is 15.0. The predicted molar refractivity (Wildman–Crippen MR) is 282 cm³/mol. The van der Waals surface area contributed by atoms with Gasteiger partial charge in [-0.25, -0.2) is 0 Å². The number of carbonyl (C=O) groups is 1. The molecule has 0 aliphatic heterocycles. The van der Waals surface area contributed by atoms with Crippen LogP contribution in [0, 0.1) is 46.3 Å². The minimum absolute atomic E-state index is 0.0747. The van der Waals surface area contributed by atoms with Gasteiger partial charge in [0.05, 0.1) is 23.9 Å². The van der Waals surface area contributed by atoms with Crippen LogP contribution in [-0.2, 0) is 4.79 Å². The van der Waals surface area contributed by atoms with Crippen molar-refractivity contribution < 1.29 is 31.0 Å².